The van der Waals surface area contributed by atoms with E-state index < -0.39 is 0 Å². The maximum absolute atomic E-state index is 12.6. The molecule has 102 valence electrons. The molecule has 0 aromatic heterocycles. The van der Waals surface area contributed by atoms with E-state index in [0.29, 0.717) is 12.0 Å². The first-order valence-electron chi connectivity index (χ1n) is 6.55. The lowest BCUT2D eigenvalue weighted by Crippen LogP contribution is -2.36. The van der Waals surface area contributed by atoms with Gasteiger partial charge in [-0.05, 0) is 54.8 Å². The first-order chi connectivity index (χ1) is 8.99. The molecule has 1 amide bonds. The lowest BCUT2D eigenvalue weighted by Gasteiger charge is -2.24. The lowest BCUT2D eigenvalue weighted by molar-refractivity contribution is -0.117. The van der Waals surface area contributed by atoms with Crippen molar-refractivity contribution in [2.75, 3.05) is 6.54 Å². The molecule has 19 heavy (non-hydrogen) atoms. The summed E-state index contributed by atoms with van der Waals surface area (Å²) in [5.74, 6) is 0.173. The van der Waals surface area contributed by atoms with Crippen LogP contribution in [0.4, 0.5) is 0 Å². The molecule has 0 aliphatic carbocycles. The molecular weight excluding hydrogens is 306 g/mol. The van der Waals surface area contributed by atoms with Crippen molar-refractivity contribution in [3.8, 4) is 0 Å². The van der Waals surface area contributed by atoms with Crippen molar-refractivity contribution in [2.45, 2.75) is 39.2 Å². The maximum Gasteiger partial charge on any atom is 0.255 e. The second kappa shape index (κ2) is 5.87. The monoisotopic (exact) mass is 323 g/mol. The van der Waals surface area contributed by atoms with E-state index >= 15 is 0 Å². The quantitative estimate of drug-likeness (QED) is 0.855. The van der Waals surface area contributed by atoms with Gasteiger partial charge in [-0.2, -0.15) is 0 Å². The van der Waals surface area contributed by atoms with Crippen LogP contribution in [0.5, 0.6) is 0 Å². The summed E-state index contributed by atoms with van der Waals surface area (Å²) in [5.41, 5.74) is 1.75. The van der Waals surface area contributed by atoms with Gasteiger partial charge in [-0.15, -0.1) is 0 Å². The van der Waals surface area contributed by atoms with Crippen LogP contribution in [0.1, 0.15) is 42.1 Å². The Morgan fingerprint density at radius 1 is 1.42 bits per heavy atom. The first kappa shape index (κ1) is 14.3. The molecule has 0 bridgehead atoms. The number of benzene rings is 1. The van der Waals surface area contributed by atoms with Gasteiger partial charge in [0, 0.05) is 23.5 Å². The number of rotatable bonds is 3. The summed E-state index contributed by atoms with van der Waals surface area (Å²) in [7, 11) is 0. The summed E-state index contributed by atoms with van der Waals surface area (Å²) in [6.07, 6.45) is 2.37. The molecule has 1 unspecified atom stereocenters. The number of hydrogen-bond donors (Lipinski definition) is 0. The Morgan fingerprint density at radius 3 is 2.84 bits per heavy atom. The van der Waals surface area contributed by atoms with Crippen molar-refractivity contribution in [1.82, 2.24) is 4.90 Å². The minimum atomic E-state index is 0.0272. The Morgan fingerprint density at radius 2 is 2.16 bits per heavy atom. The number of Topliss-reactive ketones (excluding diaryl/α,β-unsaturated/α-hetero) is 1. The van der Waals surface area contributed by atoms with Gasteiger partial charge in [0.1, 0.15) is 5.78 Å². The Labute approximate surface area is 122 Å². The van der Waals surface area contributed by atoms with Gasteiger partial charge in [0.2, 0.25) is 0 Å². The molecule has 3 nitrogen and oxygen atoms in total. The molecule has 1 aliphatic heterocycles. The fraction of sp³-hybridized carbons (Fsp3) is 0.467. The molecular formula is C15H18BrNO2. The summed E-state index contributed by atoms with van der Waals surface area (Å²) < 4.78 is 0.816. The number of halogens is 1. The van der Waals surface area contributed by atoms with Crippen LogP contribution in [0, 0.1) is 6.92 Å². The standard InChI is InChI=1S/C15H18BrNO2/c1-10-5-6-14(16)13(8-10)15(19)17-7-3-4-12(17)9-11(2)18/h5-6,8,12H,3-4,7,9H2,1-2H3. The Hall–Kier alpha value is -1.16. The number of ketones is 1. The summed E-state index contributed by atoms with van der Waals surface area (Å²) in [5, 5.41) is 0. The Kier molecular flexibility index (Phi) is 4.40. The zero-order valence-electron chi connectivity index (χ0n) is 11.3. The van der Waals surface area contributed by atoms with E-state index in [4.69, 9.17) is 0 Å². The molecule has 1 fully saturated rings. The van der Waals surface area contributed by atoms with Gasteiger partial charge in [0.05, 0.1) is 5.56 Å². The third-order valence-corrected chi connectivity index (χ3v) is 4.20. The SMILES string of the molecule is CC(=O)CC1CCCN1C(=O)c1cc(C)ccc1Br. The number of hydrogen-bond acceptors (Lipinski definition) is 2. The molecule has 1 aromatic carbocycles. The summed E-state index contributed by atoms with van der Waals surface area (Å²) in [6.45, 7) is 4.31. The average Bonchev–Trinajstić information content (AvgIpc) is 2.78. The third kappa shape index (κ3) is 3.24. The largest absolute Gasteiger partial charge is 0.335 e. The minimum Gasteiger partial charge on any atom is -0.335 e. The number of aryl methyl sites for hydroxylation is 1. The van der Waals surface area contributed by atoms with Gasteiger partial charge < -0.3 is 4.90 Å². The number of likely N-dealkylation sites (tertiary alicyclic amines) is 1. The highest BCUT2D eigenvalue weighted by Crippen LogP contribution is 2.26. The number of nitrogens with zero attached hydrogens (tertiary/aromatic N) is 1. The molecule has 0 saturated carbocycles. The summed E-state index contributed by atoms with van der Waals surface area (Å²) in [6, 6.07) is 5.84. The molecule has 0 N–H and O–H groups in total. The fourth-order valence-corrected chi connectivity index (χ4v) is 3.02. The normalized spacial score (nSPS) is 18.7. The predicted octanol–water partition coefficient (Wildman–Crippen LogP) is 3.34. The van der Waals surface area contributed by atoms with E-state index in [9.17, 15) is 9.59 Å². The highest BCUT2D eigenvalue weighted by molar-refractivity contribution is 9.10. The van der Waals surface area contributed by atoms with Crippen LogP contribution in [0.15, 0.2) is 22.7 Å². The van der Waals surface area contributed by atoms with Crippen LogP contribution >= 0.6 is 15.9 Å². The average molecular weight is 324 g/mol. The second-order valence-corrected chi connectivity index (χ2v) is 6.04. The van der Waals surface area contributed by atoms with Gasteiger partial charge in [-0.25, -0.2) is 0 Å². The smallest absolute Gasteiger partial charge is 0.255 e. The molecule has 0 spiro atoms. The van der Waals surface area contributed by atoms with Crippen molar-refractivity contribution in [3.05, 3.63) is 33.8 Å². The summed E-state index contributed by atoms with van der Waals surface area (Å²) >= 11 is 3.43. The minimum absolute atomic E-state index is 0.0272. The highest BCUT2D eigenvalue weighted by Gasteiger charge is 2.30. The Balaban J connectivity index is 2.23. The van der Waals surface area contributed by atoms with E-state index in [1.54, 1.807) is 6.92 Å². The van der Waals surface area contributed by atoms with Crippen LogP contribution in [0.25, 0.3) is 0 Å². The molecule has 1 heterocycles. The van der Waals surface area contributed by atoms with Crippen LogP contribution in [0.3, 0.4) is 0 Å². The molecule has 1 aliphatic rings. The molecule has 4 heteroatoms. The lowest BCUT2D eigenvalue weighted by atomic mass is 10.1. The van der Waals surface area contributed by atoms with Crippen LogP contribution in [-0.4, -0.2) is 29.2 Å². The summed E-state index contributed by atoms with van der Waals surface area (Å²) in [4.78, 5) is 25.7. The number of carbonyl (C=O) groups excluding carboxylic acids is 2. The topological polar surface area (TPSA) is 37.4 Å². The molecule has 2 rings (SSSR count). The molecule has 1 aromatic rings. The van der Waals surface area contributed by atoms with Gasteiger partial charge in [-0.3, -0.25) is 9.59 Å². The van der Waals surface area contributed by atoms with Crippen molar-refractivity contribution in [3.63, 3.8) is 0 Å². The fourth-order valence-electron chi connectivity index (χ4n) is 2.60. The van der Waals surface area contributed by atoms with Gasteiger partial charge in [-0.1, -0.05) is 11.6 Å². The third-order valence-electron chi connectivity index (χ3n) is 3.51. The van der Waals surface area contributed by atoms with Crippen LogP contribution in [-0.2, 0) is 4.79 Å². The molecule has 1 saturated heterocycles. The van der Waals surface area contributed by atoms with E-state index in [0.717, 1.165) is 29.4 Å². The van der Waals surface area contributed by atoms with E-state index in [2.05, 4.69) is 15.9 Å². The van der Waals surface area contributed by atoms with Crippen LogP contribution in [0.2, 0.25) is 0 Å². The van der Waals surface area contributed by atoms with Gasteiger partial charge in [0.15, 0.2) is 0 Å². The van der Waals surface area contributed by atoms with Gasteiger partial charge >= 0.3 is 0 Å². The zero-order chi connectivity index (χ0) is 14.0. The number of carbonyl (C=O) groups is 2. The number of amides is 1. The second-order valence-electron chi connectivity index (χ2n) is 5.18. The highest BCUT2D eigenvalue weighted by atomic mass is 79.9. The van der Waals surface area contributed by atoms with E-state index in [-0.39, 0.29) is 17.7 Å². The van der Waals surface area contributed by atoms with E-state index in [1.165, 1.54) is 0 Å². The van der Waals surface area contributed by atoms with Crippen LogP contribution < -0.4 is 0 Å². The van der Waals surface area contributed by atoms with Crippen molar-refractivity contribution in [2.24, 2.45) is 0 Å². The predicted molar refractivity (Wildman–Crippen MR) is 78.2 cm³/mol. The van der Waals surface area contributed by atoms with Crippen molar-refractivity contribution in [1.29, 1.82) is 0 Å². The van der Waals surface area contributed by atoms with Crippen molar-refractivity contribution >= 4 is 27.6 Å². The van der Waals surface area contributed by atoms with Gasteiger partial charge in [0.25, 0.3) is 5.91 Å². The zero-order valence-corrected chi connectivity index (χ0v) is 12.9. The first-order valence-corrected chi connectivity index (χ1v) is 7.35. The maximum atomic E-state index is 12.6. The Bertz CT molecular complexity index is 513. The molecule has 1 atom stereocenters. The van der Waals surface area contributed by atoms with Crippen molar-refractivity contribution < 1.29 is 9.59 Å². The molecule has 0 radical (unpaired) electrons. The van der Waals surface area contributed by atoms with E-state index in [1.807, 2.05) is 30.0 Å².